The van der Waals surface area contributed by atoms with Crippen molar-refractivity contribution in [3.63, 3.8) is 0 Å². The Balaban J connectivity index is 1.35. The number of carbonyl (C=O) groups excluding carboxylic acids is 2. The van der Waals surface area contributed by atoms with E-state index in [0.717, 1.165) is 24.9 Å². The molecule has 3 amide bonds. The quantitative estimate of drug-likeness (QED) is 0.719. The third-order valence-electron chi connectivity index (χ3n) is 4.19. The Morgan fingerprint density at radius 2 is 2.04 bits per heavy atom. The second-order valence-electron chi connectivity index (χ2n) is 6.20. The second-order valence-corrected chi connectivity index (χ2v) is 6.20. The maximum atomic E-state index is 11.8. The average molecular weight is 370 g/mol. The number of carbonyl (C=O) groups is 2. The molecule has 0 saturated heterocycles. The van der Waals surface area contributed by atoms with E-state index in [1.54, 1.807) is 24.3 Å². The van der Waals surface area contributed by atoms with Crippen molar-refractivity contribution in [1.29, 1.82) is 0 Å². The molecule has 0 fully saturated rings. The van der Waals surface area contributed by atoms with E-state index in [9.17, 15) is 9.59 Å². The van der Waals surface area contributed by atoms with Gasteiger partial charge in [-0.25, -0.2) is 9.48 Å². The Labute approximate surface area is 156 Å². The zero-order valence-electron chi connectivity index (χ0n) is 14.9. The lowest BCUT2D eigenvalue weighted by Crippen LogP contribution is -2.42. The van der Waals surface area contributed by atoms with Crippen molar-refractivity contribution in [2.75, 3.05) is 13.2 Å². The van der Waals surface area contributed by atoms with Gasteiger partial charge in [0.2, 0.25) is 0 Å². The van der Waals surface area contributed by atoms with Gasteiger partial charge in [-0.15, -0.1) is 5.10 Å². The molecule has 0 radical (unpaired) electrons. The number of nitrogens with one attached hydrogen (secondary N) is 2. The molecule has 9 nitrogen and oxygen atoms in total. The Bertz CT molecular complexity index is 786. The van der Waals surface area contributed by atoms with Gasteiger partial charge in [0, 0.05) is 6.54 Å². The third kappa shape index (κ3) is 5.91. The summed E-state index contributed by atoms with van der Waals surface area (Å²) in [5.41, 5.74) is 2.14. The van der Waals surface area contributed by atoms with Crippen molar-refractivity contribution in [3.05, 3.63) is 42.2 Å². The maximum absolute atomic E-state index is 11.8. The van der Waals surface area contributed by atoms with Crippen LogP contribution in [0.1, 0.15) is 32.1 Å². The fraction of sp³-hybridized carbons (Fsp3) is 0.389. The van der Waals surface area contributed by atoms with Gasteiger partial charge in [-0.05, 0) is 66.8 Å². The molecule has 2 N–H and O–H groups in total. The average Bonchev–Trinajstić information content (AvgIpc) is 3.22. The number of imide groups is 1. The summed E-state index contributed by atoms with van der Waals surface area (Å²) < 4.78 is 6.88. The van der Waals surface area contributed by atoms with Gasteiger partial charge in [-0.3, -0.25) is 10.1 Å². The molecular weight excluding hydrogens is 348 g/mol. The first-order chi connectivity index (χ1) is 13.2. The smallest absolute Gasteiger partial charge is 0.321 e. The monoisotopic (exact) mass is 370 g/mol. The molecule has 0 bridgehead atoms. The van der Waals surface area contributed by atoms with Crippen molar-refractivity contribution in [2.24, 2.45) is 0 Å². The molecule has 142 valence electrons. The fourth-order valence-corrected chi connectivity index (χ4v) is 2.80. The van der Waals surface area contributed by atoms with Crippen molar-refractivity contribution in [3.8, 4) is 11.4 Å². The highest BCUT2D eigenvalue weighted by molar-refractivity contribution is 5.94. The topological polar surface area (TPSA) is 111 Å². The highest BCUT2D eigenvalue weighted by Gasteiger charge is 2.09. The van der Waals surface area contributed by atoms with Gasteiger partial charge < -0.3 is 10.1 Å². The molecule has 3 rings (SSSR count). The molecule has 1 heterocycles. The van der Waals surface area contributed by atoms with E-state index in [2.05, 4.69) is 32.2 Å². The van der Waals surface area contributed by atoms with Crippen LogP contribution in [0.5, 0.6) is 5.75 Å². The van der Waals surface area contributed by atoms with Gasteiger partial charge in [-0.2, -0.15) is 0 Å². The van der Waals surface area contributed by atoms with E-state index in [4.69, 9.17) is 4.74 Å². The minimum absolute atomic E-state index is 0.247. The summed E-state index contributed by atoms with van der Waals surface area (Å²) in [7, 11) is 0. The molecule has 1 aliphatic carbocycles. The number of benzene rings is 1. The van der Waals surface area contributed by atoms with Gasteiger partial charge in [-0.1, -0.05) is 11.6 Å². The first kappa shape index (κ1) is 18.6. The van der Waals surface area contributed by atoms with Crippen LogP contribution in [-0.2, 0) is 4.79 Å². The van der Waals surface area contributed by atoms with Crippen molar-refractivity contribution >= 4 is 11.9 Å². The van der Waals surface area contributed by atoms with Crippen LogP contribution in [0.25, 0.3) is 5.69 Å². The number of hydrogen-bond acceptors (Lipinski definition) is 6. The number of allylic oxidation sites excluding steroid dienone is 1. The summed E-state index contributed by atoms with van der Waals surface area (Å²) in [4.78, 5) is 23.5. The Kier molecular flexibility index (Phi) is 6.50. The van der Waals surface area contributed by atoms with Gasteiger partial charge in [0.1, 0.15) is 12.1 Å². The summed E-state index contributed by atoms with van der Waals surface area (Å²) in [5, 5.41) is 15.9. The number of rotatable bonds is 7. The standard InChI is InChI=1S/C18H22N6O3/c25-17(21-18(26)19-11-10-14-4-2-1-3-5-14)12-27-16-8-6-15(7-9-16)24-13-20-22-23-24/h4,6-9,13H,1-3,5,10-12H2,(H2,19,21,25,26). The largest absolute Gasteiger partial charge is 0.484 e. The molecule has 0 aliphatic heterocycles. The minimum Gasteiger partial charge on any atom is -0.484 e. The van der Waals surface area contributed by atoms with Crippen LogP contribution in [-0.4, -0.2) is 45.3 Å². The number of ether oxygens (including phenoxy) is 1. The number of amides is 3. The Morgan fingerprint density at radius 1 is 1.19 bits per heavy atom. The molecule has 1 aromatic carbocycles. The van der Waals surface area contributed by atoms with Crippen molar-refractivity contribution in [1.82, 2.24) is 30.8 Å². The predicted molar refractivity (Wildman–Crippen MR) is 97.4 cm³/mol. The highest BCUT2D eigenvalue weighted by Crippen LogP contribution is 2.19. The van der Waals surface area contributed by atoms with Crippen LogP contribution in [0.2, 0.25) is 0 Å². The van der Waals surface area contributed by atoms with E-state index in [1.807, 2.05) is 0 Å². The van der Waals surface area contributed by atoms with Gasteiger partial charge in [0.25, 0.3) is 5.91 Å². The first-order valence-corrected chi connectivity index (χ1v) is 8.92. The van der Waals surface area contributed by atoms with Crippen LogP contribution in [0.3, 0.4) is 0 Å². The summed E-state index contributed by atoms with van der Waals surface area (Å²) >= 11 is 0. The lowest BCUT2D eigenvalue weighted by Gasteiger charge is -2.13. The molecule has 2 aromatic rings. The molecule has 0 atom stereocenters. The zero-order chi connectivity index (χ0) is 18.9. The van der Waals surface area contributed by atoms with E-state index in [-0.39, 0.29) is 6.61 Å². The maximum Gasteiger partial charge on any atom is 0.321 e. The summed E-state index contributed by atoms with van der Waals surface area (Å²) in [6, 6.07) is 6.41. The second kappa shape index (κ2) is 9.46. The molecule has 0 unspecified atom stereocenters. The fourth-order valence-electron chi connectivity index (χ4n) is 2.80. The third-order valence-corrected chi connectivity index (χ3v) is 4.19. The Morgan fingerprint density at radius 3 is 2.74 bits per heavy atom. The van der Waals surface area contributed by atoms with Gasteiger partial charge >= 0.3 is 6.03 Å². The minimum atomic E-state index is -0.506. The SMILES string of the molecule is O=C(COc1ccc(-n2cnnn2)cc1)NC(=O)NCCC1=CCCCC1. The number of aromatic nitrogens is 4. The van der Waals surface area contributed by atoms with Crippen LogP contribution >= 0.6 is 0 Å². The van der Waals surface area contributed by atoms with Crippen LogP contribution in [0.4, 0.5) is 4.79 Å². The highest BCUT2D eigenvalue weighted by atomic mass is 16.5. The molecule has 0 spiro atoms. The van der Waals surface area contributed by atoms with Crippen LogP contribution < -0.4 is 15.4 Å². The van der Waals surface area contributed by atoms with Crippen molar-refractivity contribution < 1.29 is 14.3 Å². The molecule has 1 aliphatic rings. The molecular formula is C18H22N6O3. The summed E-state index contributed by atoms with van der Waals surface area (Å²) in [5.74, 6) is 0.000512. The van der Waals surface area contributed by atoms with E-state index >= 15 is 0 Å². The lowest BCUT2D eigenvalue weighted by molar-refractivity contribution is -0.122. The molecule has 1 aromatic heterocycles. The summed E-state index contributed by atoms with van der Waals surface area (Å²) in [6.45, 7) is 0.271. The van der Waals surface area contributed by atoms with E-state index in [0.29, 0.717) is 12.3 Å². The lowest BCUT2D eigenvalue weighted by atomic mass is 9.97. The van der Waals surface area contributed by atoms with Gasteiger partial charge in [0.05, 0.1) is 5.69 Å². The zero-order valence-corrected chi connectivity index (χ0v) is 14.9. The molecule has 0 saturated carbocycles. The molecule has 9 heteroatoms. The summed E-state index contributed by atoms with van der Waals surface area (Å²) in [6.07, 6.45) is 9.22. The normalized spacial score (nSPS) is 13.6. The Hall–Kier alpha value is -3.23. The number of urea groups is 1. The van der Waals surface area contributed by atoms with Crippen molar-refractivity contribution in [2.45, 2.75) is 32.1 Å². The van der Waals surface area contributed by atoms with E-state index in [1.165, 1.54) is 29.4 Å². The van der Waals surface area contributed by atoms with Crippen LogP contribution in [0, 0.1) is 0 Å². The van der Waals surface area contributed by atoms with Gasteiger partial charge in [0.15, 0.2) is 6.61 Å². The van der Waals surface area contributed by atoms with Crippen LogP contribution in [0.15, 0.2) is 42.2 Å². The first-order valence-electron chi connectivity index (χ1n) is 8.92. The number of hydrogen-bond donors (Lipinski definition) is 2. The number of tetrazole rings is 1. The number of nitrogens with zero attached hydrogens (tertiary/aromatic N) is 4. The van der Waals surface area contributed by atoms with E-state index < -0.39 is 11.9 Å². The molecule has 27 heavy (non-hydrogen) atoms. The predicted octanol–water partition coefficient (Wildman–Crippen LogP) is 1.76.